The summed E-state index contributed by atoms with van der Waals surface area (Å²) in [6.45, 7) is 2.80. The van der Waals surface area contributed by atoms with Gasteiger partial charge in [-0.25, -0.2) is 14.6 Å². The van der Waals surface area contributed by atoms with E-state index in [1.54, 1.807) is 0 Å². The minimum absolute atomic E-state index is 0.0508. The van der Waals surface area contributed by atoms with Crippen LogP contribution in [0.4, 0.5) is 5.82 Å². The van der Waals surface area contributed by atoms with Gasteiger partial charge in [-0.15, -0.1) is 5.10 Å². The molecule has 1 aliphatic carbocycles. The fourth-order valence-corrected chi connectivity index (χ4v) is 4.26. The van der Waals surface area contributed by atoms with E-state index in [2.05, 4.69) is 55.1 Å². The van der Waals surface area contributed by atoms with Crippen LogP contribution in [0.25, 0.3) is 11.2 Å². The van der Waals surface area contributed by atoms with Crippen LogP contribution in [-0.2, 0) is 4.79 Å². The van der Waals surface area contributed by atoms with E-state index in [1.165, 1.54) is 16.4 Å². The van der Waals surface area contributed by atoms with Crippen LogP contribution in [0.5, 0.6) is 0 Å². The summed E-state index contributed by atoms with van der Waals surface area (Å²) in [5, 5.41) is 41.9. The number of hydrogen-bond acceptors (Lipinski definition) is 9. The third-order valence-electron chi connectivity index (χ3n) is 4.62. The molecule has 2 aromatic heterocycles. The predicted octanol–water partition coefficient (Wildman–Crippen LogP) is 1.33. The van der Waals surface area contributed by atoms with Crippen LogP contribution in [0.3, 0.4) is 0 Å². The molecule has 2 aromatic rings. The standard InChI is InChI=1S/C16H23IN6O4S/c1-2-6-28-16-19-13(18-5-3-4-17)10-14(20-16)23(22-21-10)9-7-8(15(26)27)11(24)12(9)25/h8-9,11-12,24-25H,2-7H2,1H3,(H,26,27)(H,18,19,20). The molecule has 0 amide bonds. The molecule has 10 nitrogen and oxygen atoms in total. The second-order valence-electron chi connectivity index (χ2n) is 6.61. The van der Waals surface area contributed by atoms with E-state index >= 15 is 0 Å². The second kappa shape index (κ2) is 9.50. The van der Waals surface area contributed by atoms with E-state index in [1.807, 2.05) is 0 Å². The van der Waals surface area contributed by atoms with Gasteiger partial charge in [0.1, 0.15) is 6.10 Å². The first kappa shape index (κ1) is 21.5. The number of nitrogens with one attached hydrogen (secondary N) is 1. The lowest BCUT2D eigenvalue weighted by molar-refractivity contribution is -0.145. The van der Waals surface area contributed by atoms with E-state index < -0.39 is 30.1 Å². The average molecular weight is 522 g/mol. The number of halogens is 1. The van der Waals surface area contributed by atoms with Gasteiger partial charge < -0.3 is 20.6 Å². The summed E-state index contributed by atoms with van der Waals surface area (Å²) >= 11 is 3.82. The molecule has 4 unspecified atom stereocenters. The number of carbonyl (C=O) groups is 1. The number of carboxylic acid groups (broad SMARTS) is 1. The largest absolute Gasteiger partial charge is 0.481 e. The third kappa shape index (κ3) is 4.33. The van der Waals surface area contributed by atoms with Crippen LogP contribution in [0.2, 0.25) is 0 Å². The fraction of sp³-hybridized carbons (Fsp3) is 0.688. The molecule has 154 valence electrons. The fourth-order valence-electron chi connectivity index (χ4n) is 3.18. The maximum Gasteiger partial charge on any atom is 0.309 e. The molecular weight excluding hydrogens is 499 g/mol. The molecule has 0 saturated heterocycles. The molecule has 0 radical (unpaired) electrons. The zero-order valence-electron chi connectivity index (χ0n) is 15.3. The van der Waals surface area contributed by atoms with Crippen molar-refractivity contribution in [3.05, 3.63) is 0 Å². The van der Waals surface area contributed by atoms with Crippen molar-refractivity contribution in [1.82, 2.24) is 25.0 Å². The minimum Gasteiger partial charge on any atom is -0.481 e. The van der Waals surface area contributed by atoms with Crippen molar-refractivity contribution >= 4 is 57.3 Å². The lowest BCUT2D eigenvalue weighted by Gasteiger charge is -2.16. The molecule has 1 fully saturated rings. The van der Waals surface area contributed by atoms with Crippen LogP contribution in [0.1, 0.15) is 32.2 Å². The highest BCUT2D eigenvalue weighted by Gasteiger charge is 2.47. The van der Waals surface area contributed by atoms with E-state index in [4.69, 9.17) is 0 Å². The second-order valence-corrected chi connectivity index (χ2v) is 8.75. The summed E-state index contributed by atoms with van der Waals surface area (Å²) in [7, 11) is 0. The van der Waals surface area contributed by atoms with Crippen LogP contribution in [0.15, 0.2) is 5.16 Å². The Morgan fingerprint density at radius 2 is 2.14 bits per heavy atom. The number of aromatic nitrogens is 5. The summed E-state index contributed by atoms with van der Waals surface area (Å²) in [4.78, 5) is 20.4. The molecule has 12 heteroatoms. The Hall–Kier alpha value is -1.25. The molecule has 4 atom stereocenters. The van der Waals surface area contributed by atoms with Crippen LogP contribution < -0.4 is 5.32 Å². The number of anilines is 1. The van der Waals surface area contributed by atoms with Gasteiger partial charge >= 0.3 is 5.97 Å². The van der Waals surface area contributed by atoms with Gasteiger partial charge in [-0.3, -0.25) is 4.79 Å². The van der Waals surface area contributed by atoms with Gasteiger partial charge in [-0.2, -0.15) is 0 Å². The number of nitrogens with zero attached hydrogens (tertiary/aromatic N) is 5. The maximum absolute atomic E-state index is 11.4. The highest BCUT2D eigenvalue weighted by atomic mass is 127. The molecule has 0 aliphatic heterocycles. The van der Waals surface area contributed by atoms with Crippen molar-refractivity contribution in [2.24, 2.45) is 5.92 Å². The van der Waals surface area contributed by atoms with Crippen molar-refractivity contribution < 1.29 is 20.1 Å². The van der Waals surface area contributed by atoms with Crippen molar-refractivity contribution in [3.63, 3.8) is 0 Å². The Bertz CT molecular complexity index is 837. The molecule has 3 rings (SSSR count). The predicted molar refractivity (Wildman–Crippen MR) is 113 cm³/mol. The van der Waals surface area contributed by atoms with Gasteiger partial charge in [-0.1, -0.05) is 46.5 Å². The zero-order valence-corrected chi connectivity index (χ0v) is 18.3. The molecule has 0 spiro atoms. The van der Waals surface area contributed by atoms with E-state index in [-0.39, 0.29) is 6.42 Å². The van der Waals surface area contributed by atoms with Crippen molar-refractivity contribution in [2.75, 3.05) is 22.0 Å². The first-order valence-corrected chi connectivity index (χ1v) is 11.6. The van der Waals surface area contributed by atoms with Crippen LogP contribution >= 0.6 is 34.4 Å². The van der Waals surface area contributed by atoms with Crippen LogP contribution in [0, 0.1) is 5.92 Å². The number of rotatable bonds is 9. The molecule has 1 aliphatic rings. The lowest BCUT2D eigenvalue weighted by atomic mass is 10.1. The maximum atomic E-state index is 11.4. The monoisotopic (exact) mass is 522 g/mol. The lowest BCUT2D eigenvalue weighted by Crippen LogP contribution is -2.32. The zero-order chi connectivity index (χ0) is 20.3. The summed E-state index contributed by atoms with van der Waals surface area (Å²) < 4.78 is 2.43. The highest BCUT2D eigenvalue weighted by Crippen LogP contribution is 2.37. The van der Waals surface area contributed by atoms with Gasteiger partial charge in [0.2, 0.25) is 0 Å². The summed E-state index contributed by atoms with van der Waals surface area (Å²) in [5.74, 6) is -0.779. The van der Waals surface area contributed by atoms with Crippen molar-refractivity contribution in [3.8, 4) is 0 Å². The summed E-state index contributed by atoms with van der Waals surface area (Å²) in [5.41, 5.74) is 0.891. The van der Waals surface area contributed by atoms with Crippen molar-refractivity contribution in [1.29, 1.82) is 0 Å². The molecule has 0 aromatic carbocycles. The van der Waals surface area contributed by atoms with Gasteiger partial charge in [0.05, 0.1) is 18.1 Å². The normalized spacial score (nSPS) is 24.7. The Kier molecular flexibility index (Phi) is 7.28. The van der Waals surface area contributed by atoms with Gasteiger partial charge in [0.15, 0.2) is 22.1 Å². The molecular formula is C16H23IN6O4S. The molecule has 2 heterocycles. The van der Waals surface area contributed by atoms with Gasteiger partial charge in [0.25, 0.3) is 0 Å². The first-order chi connectivity index (χ1) is 13.5. The number of carboxylic acids is 1. The Morgan fingerprint density at radius 3 is 2.79 bits per heavy atom. The Morgan fingerprint density at radius 1 is 1.36 bits per heavy atom. The molecule has 1 saturated carbocycles. The number of fused-ring (bicyclic) bond motifs is 1. The summed E-state index contributed by atoms with van der Waals surface area (Å²) in [6.07, 6.45) is -0.641. The number of aliphatic hydroxyl groups excluding tert-OH is 2. The smallest absolute Gasteiger partial charge is 0.309 e. The van der Waals surface area contributed by atoms with Gasteiger partial charge in [-0.05, 0) is 19.3 Å². The number of thioether (sulfide) groups is 1. The van der Waals surface area contributed by atoms with Crippen LogP contribution in [-0.4, -0.2) is 75.2 Å². The quantitative estimate of drug-likeness (QED) is 0.125. The number of alkyl halides is 1. The average Bonchev–Trinajstić information content (AvgIpc) is 3.22. The summed E-state index contributed by atoms with van der Waals surface area (Å²) in [6, 6.07) is -0.720. The first-order valence-electron chi connectivity index (χ1n) is 9.12. The Labute approximate surface area is 179 Å². The minimum atomic E-state index is -1.36. The van der Waals surface area contributed by atoms with E-state index in [0.29, 0.717) is 22.1 Å². The van der Waals surface area contributed by atoms with E-state index in [9.17, 15) is 20.1 Å². The third-order valence-corrected chi connectivity index (χ3v) is 6.44. The van der Waals surface area contributed by atoms with E-state index in [0.717, 1.165) is 29.6 Å². The van der Waals surface area contributed by atoms with Gasteiger partial charge in [0, 0.05) is 16.7 Å². The number of aliphatic carboxylic acids is 1. The topological polar surface area (TPSA) is 146 Å². The molecule has 28 heavy (non-hydrogen) atoms. The highest BCUT2D eigenvalue weighted by molar-refractivity contribution is 14.1. The van der Waals surface area contributed by atoms with Crippen molar-refractivity contribution in [2.45, 2.75) is 49.6 Å². The SMILES string of the molecule is CCCSc1nc(NCCCI)c2nnn(C3CC(C(=O)O)C(O)C3O)c2n1. The number of hydrogen-bond donors (Lipinski definition) is 4. The molecule has 4 N–H and O–H groups in total. The molecule has 0 bridgehead atoms. The Balaban J connectivity index is 1.99. The number of aliphatic hydroxyl groups is 2.